The Morgan fingerprint density at radius 3 is 2.49 bits per heavy atom. The first-order valence-corrected chi connectivity index (χ1v) is 14.1. The van der Waals surface area contributed by atoms with Crippen LogP contribution in [-0.4, -0.2) is 60.0 Å². The fourth-order valence-corrected chi connectivity index (χ4v) is 6.29. The van der Waals surface area contributed by atoms with Gasteiger partial charge >= 0.3 is 5.56 Å². The summed E-state index contributed by atoms with van der Waals surface area (Å²) in [4.78, 5) is 15.6. The molecule has 1 atom stereocenters. The summed E-state index contributed by atoms with van der Waals surface area (Å²) in [5.74, 6) is -0.171. The van der Waals surface area contributed by atoms with Gasteiger partial charge in [0, 0.05) is 44.0 Å². The van der Waals surface area contributed by atoms with Gasteiger partial charge < -0.3 is 9.64 Å². The van der Waals surface area contributed by atoms with Crippen molar-refractivity contribution in [1.29, 1.82) is 0 Å². The minimum absolute atomic E-state index is 0.133. The van der Waals surface area contributed by atoms with Crippen molar-refractivity contribution in [1.82, 2.24) is 14.1 Å². The molecule has 0 bridgehead atoms. The molecule has 37 heavy (non-hydrogen) atoms. The second-order valence-electron chi connectivity index (χ2n) is 9.60. The van der Waals surface area contributed by atoms with Crippen LogP contribution in [0.4, 0.5) is 10.1 Å². The summed E-state index contributed by atoms with van der Waals surface area (Å²) in [6.07, 6.45) is 2.26. The minimum atomic E-state index is -3.37. The highest BCUT2D eigenvalue weighted by Gasteiger charge is 2.32. The molecule has 1 unspecified atom stereocenters. The molecule has 1 fully saturated rings. The van der Waals surface area contributed by atoms with Crippen molar-refractivity contribution in [3.63, 3.8) is 0 Å². The molecule has 3 aromatic rings. The van der Waals surface area contributed by atoms with Crippen LogP contribution in [0.15, 0.2) is 53.5 Å². The molecular weight excluding hydrogens is 519 g/mol. The maximum Gasteiger partial charge on any atom is 0.316 e. The van der Waals surface area contributed by atoms with E-state index in [1.807, 2.05) is 4.90 Å². The first-order valence-electron chi connectivity index (χ1n) is 12.2. The number of sulfonamides is 1. The van der Waals surface area contributed by atoms with Gasteiger partial charge in [0.2, 0.25) is 15.8 Å². The smallest absolute Gasteiger partial charge is 0.316 e. The Morgan fingerprint density at radius 2 is 1.78 bits per heavy atom. The number of benzene rings is 2. The molecule has 1 saturated heterocycles. The number of hydrogen-bond donors (Lipinski definition) is 0. The number of ether oxygens (including phenoxy) is 1. The number of piperazine rings is 1. The average molecular weight is 547 g/mol. The van der Waals surface area contributed by atoms with Crippen LogP contribution < -0.4 is 15.2 Å². The van der Waals surface area contributed by atoms with Gasteiger partial charge in [-0.2, -0.15) is 14.1 Å². The van der Waals surface area contributed by atoms with Gasteiger partial charge in [-0.05, 0) is 55.3 Å². The van der Waals surface area contributed by atoms with Crippen molar-refractivity contribution < 1.29 is 17.5 Å². The third-order valence-electron chi connectivity index (χ3n) is 6.85. The zero-order valence-corrected chi connectivity index (χ0v) is 22.2. The van der Waals surface area contributed by atoms with Gasteiger partial charge in [0.1, 0.15) is 17.6 Å². The van der Waals surface area contributed by atoms with Crippen LogP contribution >= 0.6 is 11.6 Å². The SMILES string of the molecule is CC(C)S(=O)(=O)N1CCN(c2cnn(-c3cccc(Cl)c3)c(=O)c2OC2Cc3ccc(F)cc3C2)CC1. The summed E-state index contributed by atoms with van der Waals surface area (Å²) in [5.41, 5.74) is 2.41. The van der Waals surface area contributed by atoms with Crippen LogP contribution in [0.1, 0.15) is 25.0 Å². The van der Waals surface area contributed by atoms with E-state index in [4.69, 9.17) is 16.3 Å². The van der Waals surface area contributed by atoms with E-state index < -0.39 is 20.8 Å². The lowest BCUT2D eigenvalue weighted by Gasteiger charge is -2.36. The van der Waals surface area contributed by atoms with Crippen LogP contribution in [-0.2, 0) is 22.9 Å². The van der Waals surface area contributed by atoms with E-state index in [1.165, 1.54) is 21.1 Å². The number of aromatic nitrogens is 2. The molecular formula is C26H28ClFN4O4S. The number of nitrogens with zero attached hydrogens (tertiary/aromatic N) is 4. The molecule has 1 aliphatic carbocycles. The Labute approximate surface area is 220 Å². The maximum atomic E-state index is 13.8. The zero-order chi connectivity index (χ0) is 26.3. The molecule has 0 amide bonds. The van der Waals surface area contributed by atoms with Gasteiger partial charge in [0.15, 0.2) is 0 Å². The molecule has 0 N–H and O–H groups in total. The van der Waals surface area contributed by atoms with Gasteiger partial charge in [-0.25, -0.2) is 12.8 Å². The summed E-state index contributed by atoms with van der Waals surface area (Å²) >= 11 is 6.15. The Balaban J connectivity index is 1.47. The third-order valence-corrected chi connectivity index (χ3v) is 9.36. The molecule has 11 heteroatoms. The molecule has 0 saturated carbocycles. The standard InChI is InChI=1S/C26H28ClFN4O4S/c1-17(2)37(34,35)31-10-8-30(9-11-31)24-16-29-32(22-5-3-4-20(27)15-22)26(33)25(24)36-23-13-18-6-7-21(28)12-19(18)14-23/h3-7,12,15-17,23H,8-11,13-14H2,1-2H3. The normalized spacial score (nSPS) is 18.3. The molecule has 1 aliphatic heterocycles. The van der Waals surface area contributed by atoms with Crippen LogP contribution in [0.3, 0.4) is 0 Å². The van der Waals surface area contributed by atoms with Gasteiger partial charge in [-0.1, -0.05) is 23.7 Å². The lowest BCUT2D eigenvalue weighted by atomic mass is 10.1. The summed E-state index contributed by atoms with van der Waals surface area (Å²) in [5, 5.41) is 4.35. The predicted molar refractivity (Wildman–Crippen MR) is 141 cm³/mol. The Bertz CT molecular complexity index is 1490. The van der Waals surface area contributed by atoms with Crippen molar-refractivity contribution in [3.05, 3.63) is 81.0 Å². The van der Waals surface area contributed by atoms with E-state index >= 15 is 0 Å². The highest BCUT2D eigenvalue weighted by molar-refractivity contribution is 7.89. The van der Waals surface area contributed by atoms with Crippen LogP contribution in [0, 0.1) is 5.82 Å². The highest BCUT2D eigenvalue weighted by atomic mass is 35.5. The van der Waals surface area contributed by atoms with Gasteiger partial charge in [-0.3, -0.25) is 4.79 Å². The summed E-state index contributed by atoms with van der Waals surface area (Å²) < 4.78 is 48.1. The summed E-state index contributed by atoms with van der Waals surface area (Å²) in [7, 11) is -3.37. The van der Waals surface area contributed by atoms with E-state index in [0.29, 0.717) is 55.4 Å². The molecule has 5 rings (SSSR count). The number of fused-ring (bicyclic) bond motifs is 1. The van der Waals surface area contributed by atoms with Crippen molar-refractivity contribution >= 4 is 27.3 Å². The molecule has 8 nitrogen and oxygen atoms in total. The largest absolute Gasteiger partial charge is 0.482 e. The van der Waals surface area contributed by atoms with E-state index in [1.54, 1.807) is 50.4 Å². The van der Waals surface area contributed by atoms with Crippen LogP contribution in [0.25, 0.3) is 5.69 Å². The van der Waals surface area contributed by atoms with Crippen LogP contribution in [0.5, 0.6) is 5.75 Å². The molecule has 0 radical (unpaired) electrons. The van der Waals surface area contributed by atoms with E-state index in [-0.39, 0.29) is 17.7 Å². The number of halogens is 2. The van der Waals surface area contributed by atoms with Gasteiger partial charge in [0.05, 0.1) is 17.1 Å². The maximum absolute atomic E-state index is 13.8. The predicted octanol–water partition coefficient (Wildman–Crippen LogP) is 3.43. The van der Waals surface area contributed by atoms with Crippen molar-refractivity contribution in [2.45, 2.75) is 38.0 Å². The summed E-state index contributed by atoms with van der Waals surface area (Å²) in [6, 6.07) is 11.5. The molecule has 196 valence electrons. The first kappa shape index (κ1) is 25.7. The van der Waals surface area contributed by atoms with Crippen molar-refractivity contribution in [2.24, 2.45) is 0 Å². The Morgan fingerprint density at radius 1 is 1.05 bits per heavy atom. The average Bonchev–Trinajstić information content (AvgIpc) is 3.26. The van der Waals surface area contributed by atoms with E-state index in [9.17, 15) is 17.6 Å². The molecule has 2 aliphatic rings. The molecule has 1 aromatic heterocycles. The lowest BCUT2D eigenvalue weighted by Crippen LogP contribution is -2.50. The second kappa shape index (κ2) is 10.1. The number of anilines is 1. The Hall–Kier alpha value is -2.95. The van der Waals surface area contributed by atoms with Crippen molar-refractivity contribution in [3.8, 4) is 11.4 Å². The first-order chi connectivity index (χ1) is 17.6. The van der Waals surface area contributed by atoms with E-state index in [0.717, 1.165) is 11.1 Å². The zero-order valence-electron chi connectivity index (χ0n) is 20.6. The Kier molecular flexibility index (Phi) is 6.99. The fourth-order valence-electron chi connectivity index (χ4n) is 4.84. The lowest BCUT2D eigenvalue weighted by molar-refractivity contribution is 0.209. The van der Waals surface area contributed by atoms with Gasteiger partial charge in [0.25, 0.3) is 0 Å². The third kappa shape index (κ3) is 5.10. The number of rotatable bonds is 6. The van der Waals surface area contributed by atoms with Crippen LogP contribution in [0.2, 0.25) is 5.02 Å². The molecule has 0 spiro atoms. The second-order valence-corrected chi connectivity index (χ2v) is 12.5. The minimum Gasteiger partial charge on any atom is -0.482 e. The quantitative estimate of drug-likeness (QED) is 0.471. The fraction of sp³-hybridized carbons (Fsp3) is 0.385. The monoisotopic (exact) mass is 546 g/mol. The number of hydrogen-bond acceptors (Lipinski definition) is 6. The van der Waals surface area contributed by atoms with Crippen molar-refractivity contribution in [2.75, 3.05) is 31.1 Å². The molecule has 2 aromatic carbocycles. The highest BCUT2D eigenvalue weighted by Crippen LogP contribution is 2.31. The molecule has 2 heterocycles. The summed E-state index contributed by atoms with van der Waals surface area (Å²) in [6.45, 7) is 4.70. The van der Waals surface area contributed by atoms with E-state index in [2.05, 4.69) is 5.10 Å². The van der Waals surface area contributed by atoms with Gasteiger partial charge in [-0.15, -0.1) is 0 Å². The topological polar surface area (TPSA) is 84.7 Å².